The summed E-state index contributed by atoms with van der Waals surface area (Å²) in [7, 11) is -3.39. The van der Waals surface area contributed by atoms with E-state index in [4.69, 9.17) is 0 Å². The lowest BCUT2D eigenvalue weighted by Gasteiger charge is -2.28. The lowest BCUT2D eigenvalue weighted by molar-refractivity contribution is 0.334. The van der Waals surface area contributed by atoms with Crippen LogP contribution in [0.5, 0.6) is 0 Å². The van der Waals surface area contributed by atoms with Gasteiger partial charge < -0.3 is 5.32 Å². The Morgan fingerprint density at radius 2 is 2.16 bits per heavy atom. The highest BCUT2D eigenvalue weighted by molar-refractivity contribution is 7.89. The average Bonchev–Trinajstić information content (AvgIpc) is 2.37. The molecule has 1 fully saturated rings. The minimum absolute atomic E-state index is 0.239. The van der Waals surface area contributed by atoms with Gasteiger partial charge in [-0.2, -0.15) is 0 Å². The van der Waals surface area contributed by atoms with Crippen molar-refractivity contribution in [2.24, 2.45) is 0 Å². The van der Waals surface area contributed by atoms with E-state index in [1.54, 1.807) is 18.2 Å². The number of aryl methyl sites for hydroxylation is 1. The third kappa shape index (κ3) is 4.03. The van der Waals surface area contributed by atoms with Gasteiger partial charge in [0.25, 0.3) is 0 Å². The molecule has 4 nitrogen and oxygen atoms in total. The van der Waals surface area contributed by atoms with Crippen LogP contribution in [0.25, 0.3) is 0 Å². The third-order valence-electron chi connectivity index (χ3n) is 3.53. The molecule has 5 heteroatoms. The minimum atomic E-state index is -3.39. The van der Waals surface area contributed by atoms with Crippen molar-refractivity contribution in [2.75, 3.05) is 6.54 Å². The number of benzene rings is 1. The number of hydrogen-bond donors (Lipinski definition) is 2. The topological polar surface area (TPSA) is 58.2 Å². The van der Waals surface area contributed by atoms with Gasteiger partial charge in [-0.05, 0) is 44.4 Å². The molecule has 1 saturated heterocycles. The molecule has 1 aliphatic rings. The molecule has 106 valence electrons. The van der Waals surface area contributed by atoms with E-state index in [9.17, 15) is 8.42 Å². The zero-order chi connectivity index (χ0) is 13.9. The summed E-state index contributed by atoms with van der Waals surface area (Å²) in [5, 5.41) is 3.42. The van der Waals surface area contributed by atoms with Crippen molar-refractivity contribution in [1.82, 2.24) is 10.0 Å². The van der Waals surface area contributed by atoms with E-state index in [0.717, 1.165) is 18.4 Å². The van der Waals surface area contributed by atoms with Gasteiger partial charge in [0, 0.05) is 18.6 Å². The molecule has 0 saturated carbocycles. The maximum Gasteiger partial charge on any atom is 0.240 e. The minimum Gasteiger partial charge on any atom is -0.310 e. The third-order valence-corrected chi connectivity index (χ3v) is 4.95. The molecule has 2 N–H and O–H groups in total. The van der Waals surface area contributed by atoms with E-state index < -0.39 is 10.0 Å². The van der Waals surface area contributed by atoms with Crippen LogP contribution in [-0.2, 0) is 10.0 Å². The van der Waals surface area contributed by atoms with Gasteiger partial charge in [0.15, 0.2) is 0 Å². The second kappa shape index (κ2) is 6.03. The van der Waals surface area contributed by atoms with Gasteiger partial charge in [-0.25, -0.2) is 13.1 Å². The highest BCUT2D eigenvalue weighted by atomic mass is 32.2. The molecule has 1 heterocycles. The Morgan fingerprint density at radius 3 is 2.84 bits per heavy atom. The first-order valence-electron chi connectivity index (χ1n) is 6.80. The molecule has 19 heavy (non-hydrogen) atoms. The second-order valence-electron chi connectivity index (χ2n) is 5.36. The van der Waals surface area contributed by atoms with Crippen molar-refractivity contribution >= 4 is 10.0 Å². The number of sulfonamides is 1. The Balaban J connectivity index is 1.98. The second-order valence-corrected chi connectivity index (χ2v) is 7.13. The van der Waals surface area contributed by atoms with E-state index in [-0.39, 0.29) is 6.04 Å². The summed E-state index contributed by atoms with van der Waals surface area (Å²) < 4.78 is 27.0. The highest BCUT2D eigenvalue weighted by Gasteiger charge is 2.20. The monoisotopic (exact) mass is 282 g/mol. The molecule has 2 atom stereocenters. The van der Waals surface area contributed by atoms with Gasteiger partial charge in [-0.3, -0.25) is 0 Å². The first-order chi connectivity index (χ1) is 8.97. The molecular formula is C14H22N2O2S. The molecule has 0 radical (unpaired) electrons. The van der Waals surface area contributed by atoms with Crippen LogP contribution in [-0.4, -0.2) is 27.0 Å². The molecule has 0 bridgehead atoms. The van der Waals surface area contributed by atoms with Crippen LogP contribution in [0.2, 0.25) is 0 Å². The maximum absolute atomic E-state index is 12.2. The standard InChI is InChI=1S/C14H22N2O2S/c1-11-5-3-8-14(9-11)19(17,18)15-10-13-7-4-6-12(2)16-13/h3,5,8-9,12-13,15-16H,4,6-7,10H2,1-2H3. The summed E-state index contributed by atoms with van der Waals surface area (Å²) in [5.74, 6) is 0. The summed E-state index contributed by atoms with van der Waals surface area (Å²) in [5.41, 5.74) is 0.951. The Bertz CT molecular complexity index is 528. The fourth-order valence-electron chi connectivity index (χ4n) is 2.48. The van der Waals surface area contributed by atoms with Crippen LogP contribution in [0.4, 0.5) is 0 Å². The van der Waals surface area contributed by atoms with E-state index >= 15 is 0 Å². The van der Waals surface area contributed by atoms with E-state index in [0.29, 0.717) is 17.5 Å². The fourth-order valence-corrected chi connectivity index (χ4v) is 3.66. The zero-order valence-electron chi connectivity index (χ0n) is 11.5. The van der Waals surface area contributed by atoms with Crippen LogP contribution in [0.3, 0.4) is 0 Å². The first-order valence-corrected chi connectivity index (χ1v) is 8.28. The van der Waals surface area contributed by atoms with Crippen molar-refractivity contribution in [1.29, 1.82) is 0 Å². The van der Waals surface area contributed by atoms with Crippen molar-refractivity contribution in [3.8, 4) is 0 Å². The van der Waals surface area contributed by atoms with Gasteiger partial charge in [0.1, 0.15) is 0 Å². The van der Waals surface area contributed by atoms with Gasteiger partial charge in [-0.1, -0.05) is 18.6 Å². The predicted molar refractivity (Wildman–Crippen MR) is 76.6 cm³/mol. The van der Waals surface area contributed by atoms with Gasteiger partial charge >= 0.3 is 0 Å². The fraction of sp³-hybridized carbons (Fsp3) is 0.571. The number of piperidine rings is 1. The van der Waals surface area contributed by atoms with Crippen LogP contribution >= 0.6 is 0 Å². The molecular weight excluding hydrogens is 260 g/mol. The number of rotatable bonds is 4. The molecule has 0 aliphatic carbocycles. The van der Waals surface area contributed by atoms with Gasteiger partial charge in [-0.15, -0.1) is 0 Å². The van der Waals surface area contributed by atoms with Gasteiger partial charge in [0.05, 0.1) is 4.90 Å². The number of nitrogens with one attached hydrogen (secondary N) is 2. The smallest absolute Gasteiger partial charge is 0.240 e. The molecule has 1 aromatic carbocycles. The lowest BCUT2D eigenvalue weighted by atomic mass is 10.00. The molecule has 1 aromatic rings. The first kappa shape index (κ1) is 14.5. The van der Waals surface area contributed by atoms with E-state index in [1.165, 1.54) is 6.42 Å². The largest absolute Gasteiger partial charge is 0.310 e. The Kier molecular flexibility index (Phi) is 4.60. The highest BCUT2D eigenvalue weighted by Crippen LogP contribution is 2.14. The Morgan fingerprint density at radius 1 is 1.37 bits per heavy atom. The maximum atomic E-state index is 12.2. The molecule has 0 amide bonds. The molecule has 2 rings (SSSR count). The summed E-state index contributed by atoms with van der Waals surface area (Å²) >= 11 is 0. The van der Waals surface area contributed by atoms with Crippen molar-refractivity contribution < 1.29 is 8.42 Å². The summed E-state index contributed by atoms with van der Waals surface area (Å²) in [6.07, 6.45) is 3.35. The van der Waals surface area contributed by atoms with Crippen LogP contribution < -0.4 is 10.0 Å². The van der Waals surface area contributed by atoms with E-state index in [1.807, 2.05) is 13.0 Å². The van der Waals surface area contributed by atoms with Gasteiger partial charge in [0.2, 0.25) is 10.0 Å². The molecule has 0 aromatic heterocycles. The van der Waals surface area contributed by atoms with Crippen LogP contribution in [0.15, 0.2) is 29.2 Å². The SMILES string of the molecule is Cc1cccc(S(=O)(=O)NCC2CCCC(C)N2)c1. The van der Waals surface area contributed by atoms with Crippen molar-refractivity contribution in [2.45, 2.75) is 50.1 Å². The lowest BCUT2D eigenvalue weighted by Crippen LogP contribution is -2.47. The average molecular weight is 282 g/mol. The molecule has 2 unspecified atom stereocenters. The van der Waals surface area contributed by atoms with Crippen LogP contribution in [0.1, 0.15) is 31.7 Å². The Labute approximate surface area is 115 Å². The summed E-state index contributed by atoms with van der Waals surface area (Å²) in [6.45, 7) is 4.49. The quantitative estimate of drug-likeness (QED) is 0.885. The Hall–Kier alpha value is -0.910. The molecule has 0 spiro atoms. The zero-order valence-corrected chi connectivity index (χ0v) is 12.3. The van der Waals surface area contributed by atoms with Crippen molar-refractivity contribution in [3.63, 3.8) is 0 Å². The van der Waals surface area contributed by atoms with Crippen molar-refractivity contribution in [3.05, 3.63) is 29.8 Å². The number of hydrogen-bond acceptors (Lipinski definition) is 3. The predicted octanol–water partition coefficient (Wildman–Crippen LogP) is 1.80. The molecule has 1 aliphatic heterocycles. The normalized spacial score (nSPS) is 24.3. The van der Waals surface area contributed by atoms with E-state index in [2.05, 4.69) is 17.0 Å². The van der Waals surface area contributed by atoms with Crippen LogP contribution in [0, 0.1) is 6.92 Å². The summed E-state index contributed by atoms with van der Waals surface area (Å²) in [6, 6.07) is 7.70. The summed E-state index contributed by atoms with van der Waals surface area (Å²) in [4.78, 5) is 0.344.